The molecule has 77 valence electrons. The molecule has 0 nitrogen and oxygen atoms in total. The molecule has 0 fully saturated rings. The third-order valence-electron chi connectivity index (χ3n) is 3.10. The minimum absolute atomic E-state index is 1.28. The van der Waals surface area contributed by atoms with Crippen molar-refractivity contribution in [1.82, 2.24) is 0 Å². The van der Waals surface area contributed by atoms with Crippen LogP contribution in [0.2, 0.25) is 0 Å². The summed E-state index contributed by atoms with van der Waals surface area (Å²) < 4.78 is 0. The highest BCUT2D eigenvalue weighted by Crippen LogP contribution is 2.26. The normalized spacial score (nSPS) is 11.1. The van der Waals surface area contributed by atoms with Crippen LogP contribution in [0.4, 0.5) is 0 Å². The van der Waals surface area contributed by atoms with Crippen LogP contribution in [0, 0.1) is 6.42 Å². The molecule has 0 aliphatic heterocycles. The van der Waals surface area contributed by atoms with E-state index in [-0.39, 0.29) is 0 Å². The molecule has 0 saturated heterocycles. The van der Waals surface area contributed by atoms with E-state index in [9.17, 15) is 0 Å². The van der Waals surface area contributed by atoms with Crippen molar-refractivity contribution in [3.8, 4) is 0 Å². The van der Waals surface area contributed by atoms with E-state index in [1.807, 2.05) is 0 Å². The Hall–Kier alpha value is -1.82. The van der Waals surface area contributed by atoms with Crippen LogP contribution in [0.3, 0.4) is 0 Å². The summed E-state index contributed by atoms with van der Waals surface area (Å²) in [6, 6.07) is 19.5. The molecule has 3 aromatic carbocycles. The van der Waals surface area contributed by atoms with Gasteiger partial charge in [-0.2, -0.15) is 0 Å². The summed E-state index contributed by atoms with van der Waals surface area (Å²) in [7, 11) is 0. The summed E-state index contributed by atoms with van der Waals surface area (Å²) in [4.78, 5) is 0. The maximum Gasteiger partial charge on any atom is -0.0103 e. The molecule has 0 N–H and O–H groups in total. The van der Waals surface area contributed by atoms with Crippen LogP contribution in [0.25, 0.3) is 21.5 Å². The zero-order chi connectivity index (χ0) is 11.0. The van der Waals surface area contributed by atoms with Crippen molar-refractivity contribution in [2.75, 3.05) is 0 Å². The number of hydrogen-bond acceptors (Lipinski definition) is 0. The Bertz CT molecular complexity index is 650. The Balaban J connectivity index is 2.47. The number of benzene rings is 3. The Labute approximate surface area is 95.5 Å². The molecule has 0 bridgehead atoms. The molecule has 0 unspecified atom stereocenters. The molecule has 0 spiro atoms. The quantitative estimate of drug-likeness (QED) is 0.511. The molecule has 0 aliphatic rings. The fourth-order valence-corrected chi connectivity index (χ4v) is 2.20. The predicted octanol–water partition coefficient (Wildman–Crippen LogP) is 4.57. The first-order valence-corrected chi connectivity index (χ1v) is 5.59. The summed E-state index contributed by atoms with van der Waals surface area (Å²) in [5, 5.41) is 5.30. The van der Waals surface area contributed by atoms with Crippen molar-refractivity contribution in [1.29, 1.82) is 0 Å². The largest absolute Gasteiger partial charge is 0.0616 e. The lowest BCUT2D eigenvalue weighted by atomic mass is 9.99. The molecule has 1 radical (unpaired) electrons. The third-order valence-corrected chi connectivity index (χ3v) is 3.10. The Morgan fingerprint density at radius 1 is 0.750 bits per heavy atom. The molecule has 0 atom stereocenters. The molecular formula is C16H13. The summed E-state index contributed by atoms with van der Waals surface area (Å²) >= 11 is 0. The van der Waals surface area contributed by atoms with Gasteiger partial charge >= 0.3 is 0 Å². The molecule has 16 heavy (non-hydrogen) atoms. The van der Waals surface area contributed by atoms with Crippen molar-refractivity contribution in [2.45, 2.75) is 6.92 Å². The van der Waals surface area contributed by atoms with Crippen LogP contribution >= 0.6 is 0 Å². The molecular weight excluding hydrogens is 192 g/mol. The van der Waals surface area contributed by atoms with E-state index >= 15 is 0 Å². The second-order valence-electron chi connectivity index (χ2n) is 4.06. The molecule has 0 heterocycles. The number of rotatable bonds is 1. The minimum Gasteiger partial charge on any atom is -0.0616 e. The topological polar surface area (TPSA) is 0 Å². The summed E-state index contributed by atoms with van der Waals surface area (Å²) in [6.45, 7) is 2.08. The SMILES string of the molecule is C[CH]c1ccc2ccc3ccccc3c2c1. The zero-order valence-corrected chi connectivity index (χ0v) is 9.27. The van der Waals surface area contributed by atoms with E-state index in [0.29, 0.717) is 0 Å². The Morgan fingerprint density at radius 3 is 2.25 bits per heavy atom. The number of fused-ring (bicyclic) bond motifs is 3. The average molecular weight is 205 g/mol. The van der Waals surface area contributed by atoms with Gasteiger partial charge in [0.05, 0.1) is 0 Å². The monoisotopic (exact) mass is 205 g/mol. The van der Waals surface area contributed by atoms with Gasteiger partial charge < -0.3 is 0 Å². The first-order chi connectivity index (χ1) is 7.88. The van der Waals surface area contributed by atoms with Crippen molar-refractivity contribution in [2.24, 2.45) is 0 Å². The second-order valence-corrected chi connectivity index (χ2v) is 4.06. The highest BCUT2D eigenvalue weighted by Gasteiger charge is 2.00. The lowest BCUT2D eigenvalue weighted by molar-refractivity contribution is 1.45. The van der Waals surface area contributed by atoms with Crippen LogP contribution in [0.5, 0.6) is 0 Å². The van der Waals surface area contributed by atoms with Gasteiger partial charge in [-0.1, -0.05) is 61.5 Å². The fraction of sp³-hybridized carbons (Fsp3) is 0.0625. The van der Waals surface area contributed by atoms with Crippen molar-refractivity contribution < 1.29 is 0 Å². The Kier molecular flexibility index (Phi) is 2.14. The van der Waals surface area contributed by atoms with Gasteiger partial charge in [0.1, 0.15) is 0 Å². The first kappa shape index (κ1) is 9.41. The maximum atomic E-state index is 2.26. The molecule has 3 rings (SSSR count). The van der Waals surface area contributed by atoms with E-state index in [4.69, 9.17) is 0 Å². The van der Waals surface area contributed by atoms with Gasteiger partial charge in [-0.25, -0.2) is 0 Å². The van der Waals surface area contributed by atoms with Gasteiger partial charge in [0.25, 0.3) is 0 Å². The summed E-state index contributed by atoms with van der Waals surface area (Å²) in [6.07, 6.45) is 2.14. The van der Waals surface area contributed by atoms with E-state index < -0.39 is 0 Å². The van der Waals surface area contributed by atoms with Gasteiger partial charge in [-0.3, -0.25) is 0 Å². The molecule has 3 aromatic rings. The van der Waals surface area contributed by atoms with Gasteiger partial charge in [0.15, 0.2) is 0 Å². The van der Waals surface area contributed by atoms with Crippen LogP contribution in [-0.4, -0.2) is 0 Å². The zero-order valence-electron chi connectivity index (χ0n) is 9.27. The molecule has 0 amide bonds. The lowest BCUT2D eigenvalue weighted by Crippen LogP contribution is -1.81. The standard InChI is InChI=1S/C16H13/c1-2-12-7-8-14-10-9-13-5-3-4-6-15(13)16(14)11-12/h2-11H,1H3. The smallest absolute Gasteiger partial charge is 0.0103 e. The van der Waals surface area contributed by atoms with Crippen LogP contribution in [0.15, 0.2) is 54.6 Å². The van der Waals surface area contributed by atoms with Crippen LogP contribution in [0.1, 0.15) is 12.5 Å². The predicted molar refractivity (Wildman–Crippen MR) is 70.5 cm³/mol. The second kappa shape index (κ2) is 3.64. The van der Waals surface area contributed by atoms with Crippen molar-refractivity contribution in [3.05, 3.63) is 66.6 Å². The molecule has 0 aromatic heterocycles. The van der Waals surface area contributed by atoms with Crippen LogP contribution < -0.4 is 0 Å². The highest BCUT2D eigenvalue weighted by atomic mass is 14.0. The van der Waals surface area contributed by atoms with Gasteiger partial charge in [-0.05, 0) is 33.5 Å². The Morgan fingerprint density at radius 2 is 1.44 bits per heavy atom. The lowest BCUT2D eigenvalue weighted by Gasteiger charge is -2.05. The van der Waals surface area contributed by atoms with E-state index in [1.165, 1.54) is 27.1 Å². The van der Waals surface area contributed by atoms with Crippen molar-refractivity contribution >= 4 is 21.5 Å². The fourth-order valence-electron chi connectivity index (χ4n) is 2.20. The van der Waals surface area contributed by atoms with Crippen LogP contribution in [-0.2, 0) is 0 Å². The molecule has 0 heteroatoms. The molecule has 0 saturated carbocycles. The third kappa shape index (κ3) is 1.38. The maximum absolute atomic E-state index is 2.26. The number of hydrogen-bond donors (Lipinski definition) is 0. The molecule has 0 aliphatic carbocycles. The van der Waals surface area contributed by atoms with E-state index in [2.05, 4.69) is 67.9 Å². The minimum atomic E-state index is 1.28. The van der Waals surface area contributed by atoms with Gasteiger partial charge in [0.2, 0.25) is 0 Å². The summed E-state index contributed by atoms with van der Waals surface area (Å²) in [5.74, 6) is 0. The van der Waals surface area contributed by atoms with E-state index in [1.54, 1.807) is 0 Å². The van der Waals surface area contributed by atoms with Gasteiger partial charge in [-0.15, -0.1) is 0 Å². The summed E-state index contributed by atoms with van der Waals surface area (Å²) in [5.41, 5.74) is 1.28. The first-order valence-electron chi connectivity index (χ1n) is 5.59. The van der Waals surface area contributed by atoms with Gasteiger partial charge in [0, 0.05) is 0 Å². The average Bonchev–Trinajstić information content (AvgIpc) is 2.38. The van der Waals surface area contributed by atoms with Crippen molar-refractivity contribution in [3.63, 3.8) is 0 Å². The highest BCUT2D eigenvalue weighted by molar-refractivity contribution is 6.07. The van der Waals surface area contributed by atoms with E-state index in [0.717, 1.165) is 0 Å².